The van der Waals surface area contributed by atoms with E-state index in [2.05, 4.69) is 4.98 Å². The van der Waals surface area contributed by atoms with Crippen LogP contribution in [0.4, 0.5) is 0 Å². The lowest BCUT2D eigenvalue weighted by atomic mass is 10.3. The second kappa shape index (κ2) is 4.61. The lowest BCUT2D eigenvalue weighted by Crippen LogP contribution is -2.32. The summed E-state index contributed by atoms with van der Waals surface area (Å²) in [4.78, 5) is 16.6. The number of aromatic nitrogens is 2. The van der Waals surface area contributed by atoms with Crippen molar-refractivity contribution in [1.29, 1.82) is 0 Å². The summed E-state index contributed by atoms with van der Waals surface area (Å²) in [7, 11) is 1.79. The zero-order valence-electron chi connectivity index (χ0n) is 9.57. The Bertz CT molecular complexity index is 407. The summed E-state index contributed by atoms with van der Waals surface area (Å²) >= 11 is 5.13. The van der Waals surface area contributed by atoms with E-state index >= 15 is 0 Å². The minimum Gasteiger partial charge on any atom is -0.344 e. The molecule has 5 heteroatoms. The van der Waals surface area contributed by atoms with E-state index in [1.807, 2.05) is 27.0 Å². The van der Waals surface area contributed by atoms with Crippen molar-refractivity contribution in [3.63, 3.8) is 0 Å². The number of amides is 1. The van der Waals surface area contributed by atoms with Crippen LogP contribution in [0.1, 0.15) is 25.6 Å². The lowest BCUT2D eigenvalue weighted by molar-refractivity contribution is -0.132. The first-order valence-corrected chi connectivity index (χ1v) is 5.41. The molecule has 0 saturated carbocycles. The van der Waals surface area contributed by atoms with Crippen molar-refractivity contribution in [3.05, 3.63) is 16.7 Å². The number of hydrogen-bond donors (Lipinski definition) is 1. The van der Waals surface area contributed by atoms with E-state index < -0.39 is 0 Å². The topological polar surface area (TPSA) is 41.0 Å². The number of rotatable bonds is 3. The molecule has 1 aromatic rings. The minimum absolute atomic E-state index is 0.0765. The Balaban J connectivity index is 2.94. The van der Waals surface area contributed by atoms with E-state index in [1.165, 1.54) is 0 Å². The fraction of sp³-hybridized carbons (Fsp3) is 0.600. The summed E-state index contributed by atoms with van der Waals surface area (Å²) in [6.45, 7) is 6.44. The zero-order chi connectivity index (χ0) is 11.6. The van der Waals surface area contributed by atoms with E-state index in [0.717, 1.165) is 5.69 Å². The van der Waals surface area contributed by atoms with Gasteiger partial charge in [-0.3, -0.25) is 4.79 Å². The van der Waals surface area contributed by atoms with E-state index in [-0.39, 0.29) is 11.9 Å². The average Bonchev–Trinajstić information content (AvgIpc) is 2.54. The molecule has 15 heavy (non-hydrogen) atoms. The number of aromatic amines is 1. The zero-order valence-corrected chi connectivity index (χ0v) is 10.4. The smallest absolute Gasteiger partial charge is 0.245 e. The van der Waals surface area contributed by atoms with Crippen LogP contribution >= 0.6 is 12.2 Å². The van der Waals surface area contributed by atoms with Gasteiger partial charge in [-0.15, -0.1) is 0 Å². The predicted molar refractivity (Wildman–Crippen MR) is 62.4 cm³/mol. The number of imidazole rings is 1. The minimum atomic E-state index is -0.243. The van der Waals surface area contributed by atoms with Crippen LogP contribution in [0.2, 0.25) is 0 Å². The van der Waals surface area contributed by atoms with Gasteiger partial charge < -0.3 is 14.5 Å². The largest absolute Gasteiger partial charge is 0.344 e. The average molecular weight is 227 g/mol. The van der Waals surface area contributed by atoms with Crippen LogP contribution in [0.5, 0.6) is 0 Å². The maximum absolute atomic E-state index is 11.9. The number of nitrogens with one attached hydrogen (secondary N) is 1. The highest BCUT2D eigenvalue weighted by Gasteiger charge is 2.18. The molecule has 0 aliphatic heterocycles. The van der Waals surface area contributed by atoms with Crippen LogP contribution in [0.25, 0.3) is 0 Å². The van der Waals surface area contributed by atoms with Crippen molar-refractivity contribution in [1.82, 2.24) is 14.5 Å². The molecule has 0 radical (unpaired) electrons. The molecule has 1 N–H and O–H groups in total. The lowest BCUT2D eigenvalue weighted by Gasteiger charge is -2.20. The van der Waals surface area contributed by atoms with E-state index in [9.17, 15) is 4.79 Å². The van der Waals surface area contributed by atoms with Gasteiger partial charge in [-0.1, -0.05) is 0 Å². The Hall–Kier alpha value is -1.10. The molecule has 1 heterocycles. The van der Waals surface area contributed by atoms with Crippen molar-refractivity contribution in [2.24, 2.45) is 0 Å². The van der Waals surface area contributed by atoms with Crippen molar-refractivity contribution in [3.8, 4) is 0 Å². The number of H-pyrrole nitrogens is 1. The molecule has 1 atom stereocenters. The number of likely N-dealkylation sites (N-methyl/N-ethyl adjacent to an activating group) is 1. The summed E-state index contributed by atoms with van der Waals surface area (Å²) in [6, 6.07) is -0.243. The predicted octanol–water partition coefficient (Wildman–Crippen LogP) is 1.89. The quantitative estimate of drug-likeness (QED) is 0.801. The molecular weight excluding hydrogens is 210 g/mol. The van der Waals surface area contributed by atoms with Gasteiger partial charge in [-0.2, -0.15) is 0 Å². The van der Waals surface area contributed by atoms with Gasteiger partial charge in [0.2, 0.25) is 5.91 Å². The third kappa shape index (κ3) is 2.47. The van der Waals surface area contributed by atoms with Crippen LogP contribution in [0.15, 0.2) is 6.20 Å². The van der Waals surface area contributed by atoms with E-state index in [4.69, 9.17) is 12.2 Å². The highest BCUT2D eigenvalue weighted by atomic mass is 32.1. The molecule has 1 unspecified atom stereocenters. The van der Waals surface area contributed by atoms with Gasteiger partial charge in [0.15, 0.2) is 4.77 Å². The monoisotopic (exact) mass is 227 g/mol. The van der Waals surface area contributed by atoms with Crippen LogP contribution < -0.4 is 0 Å². The Morgan fingerprint density at radius 1 is 1.73 bits per heavy atom. The molecule has 0 saturated heterocycles. The van der Waals surface area contributed by atoms with Gasteiger partial charge >= 0.3 is 0 Å². The van der Waals surface area contributed by atoms with Crippen LogP contribution in [-0.4, -0.2) is 34.0 Å². The molecular formula is C10H17N3OS. The third-order valence-corrected chi connectivity index (χ3v) is 2.81. The number of hydrogen-bond acceptors (Lipinski definition) is 2. The molecule has 1 amide bonds. The molecule has 1 aromatic heterocycles. The molecule has 0 aromatic carbocycles. The summed E-state index contributed by atoms with van der Waals surface area (Å²) < 4.78 is 2.39. The Labute approximate surface area is 94.9 Å². The molecule has 0 aliphatic carbocycles. The second-order valence-electron chi connectivity index (χ2n) is 3.68. The fourth-order valence-corrected chi connectivity index (χ4v) is 1.79. The van der Waals surface area contributed by atoms with Gasteiger partial charge in [0.05, 0.1) is 0 Å². The van der Waals surface area contributed by atoms with E-state index in [0.29, 0.717) is 11.3 Å². The molecule has 0 fully saturated rings. The number of nitrogens with zero attached hydrogens (tertiary/aromatic N) is 2. The Kier molecular flexibility index (Phi) is 3.68. The van der Waals surface area contributed by atoms with Crippen LogP contribution in [-0.2, 0) is 4.79 Å². The Morgan fingerprint density at radius 2 is 2.33 bits per heavy atom. The van der Waals surface area contributed by atoms with Gasteiger partial charge in [0, 0.05) is 25.5 Å². The summed E-state index contributed by atoms with van der Waals surface area (Å²) in [5.41, 5.74) is 0.971. The normalized spacial score (nSPS) is 12.5. The van der Waals surface area contributed by atoms with Crippen molar-refractivity contribution in [2.75, 3.05) is 13.6 Å². The first kappa shape index (κ1) is 12.0. The second-order valence-corrected chi connectivity index (χ2v) is 4.06. The molecule has 0 bridgehead atoms. The van der Waals surface area contributed by atoms with Gasteiger partial charge in [0.1, 0.15) is 6.04 Å². The highest BCUT2D eigenvalue weighted by Crippen LogP contribution is 2.11. The van der Waals surface area contributed by atoms with Crippen molar-refractivity contribution >= 4 is 18.1 Å². The molecule has 1 rings (SSSR count). The molecule has 4 nitrogen and oxygen atoms in total. The summed E-state index contributed by atoms with van der Waals surface area (Å²) in [5.74, 6) is 0.0765. The molecule has 0 aliphatic rings. The first-order valence-electron chi connectivity index (χ1n) is 5.00. The maximum atomic E-state index is 11.9. The third-order valence-electron chi connectivity index (χ3n) is 2.50. The number of carbonyl (C=O) groups is 1. The SMILES string of the molecule is CCN(C)C(=O)C(C)n1cc(C)[nH]c1=S. The highest BCUT2D eigenvalue weighted by molar-refractivity contribution is 7.71. The standard InChI is InChI=1S/C10H17N3OS/c1-5-12(4)9(14)8(3)13-6-7(2)11-10(13)15/h6,8H,5H2,1-4H3,(H,11,15). The Morgan fingerprint density at radius 3 is 2.73 bits per heavy atom. The van der Waals surface area contributed by atoms with Crippen LogP contribution in [0, 0.1) is 11.7 Å². The molecule has 0 spiro atoms. The van der Waals surface area contributed by atoms with Gasteiger partial charge in [-0.05, 0) is 33.0 Å². The first-order chi connectivity index (χ1) is 6.97. The maximum Gasteiger partial charge on any atom is 0.245 e. The summed E-state index contributed by atoms with van der Waals surface area (Å²) in [5, 5.41) is 0. The molecule has 84 valence electrons. The number of carbonyl (C=O) groups excluding carboxylic acids is 1. The summed E-state index contributed by atoms with van der Waals surface area (Å²) in [6.07, 6.45) is 1.87. The van der Waals surface area contributed by atoms with Crippen molar-refractivity contribution < 1.29 is 4.79 Å². The van der Waals surface area contributed by atoms with Crippen molar-refractivity contribution in [2.45, 2.75) is 26.8 Å². The van der Waals surface area contributed by atoms with Gasteiger partial charge in [0.25, 0.3) is 0 Å². The van der Waals surface area contributed by atoms with Gasteiger partial charge in [-0.25, -0.2) is 0 Å². The van der Waals surface area contributed by atoms with Crippen LogP contribution in [0.3, 0.4) is 0 Å². The fourth-order valence-electron chi connectivity index (χ4n) is 1.41. The number of aryl methyl sites for hydroxylation is 1. The van der Waals surface area contributed by atoms with E-state index in [1.54, 1.807) is 16.5 Å².